The Morgan fingerprint density at radius 2 is 1.61 bits per heavy atom. The molecular weight excluding hydrogens is 308 g/mol. The molecule has 0 fully saturated rings. The van der Waals surface area contributed by atoms with E-state index in [1.807, 2.05) is 55.5 Å². The van der Waals surface area contributed by atoms with Crippen LogP contribution in [0.25, 0.3) is 0 Å². The van der Waals surface area contributed by atoms with E-state index in [1.165, 1.54) is 5.56 Å². The first-order valence-corrected chi connectivity index (χ1v) is 7.73. The van der Waals surface area contributed by atoms with E-state index in [4.69, 9.17) is 11.6 Å². The van der Waals surface area contributed by atoms with Crippen molar-refractivity contribution in [2.45, 2.75) is 13.5 Å². The maximum atomic E-state index is 6.17. The van der Waals surface area contributed by atoms with Gasteiger partial charge >= 0.3 is 0 Å². The quantitative estimate of drug-likeness (QED) is 0.708. The molecule has 0 radical (unpaired) electrons. The van der Waals surface area contributed by atoms with Crippen molar-refractivity contribution < 1.29 is 0 Å². The van der Waals surface area contributed by atoms with Crippen LogP contribution in [0.3, 0.4) is 0 Å². The van der Waals surface area contributed by atoms with E-state index in [9.17, 15) is 0 Å². The minimum Gasteiger partial charge on any atom is -0.366 e. The molecule has 0 saturated carbocycles. The third kappa shape index (κ3) is 4.20. The molecule has 4 nitrogen and oxygen atoms in total. The lowest BCUT2D eigenvalue weighted by atomic mass is 10.2. The van der Waals surface area contributed by atoms with E-state index < -0.39 is 0 Å². The second kappa shape index (κ2) is 7.11. The number of nitrogens with zero attached hydrogens (tertiary/aromatic N) is 2. The zero-order valence-corrected chi connectivity index (χ0v) is 13.5. The van der Waals surface area contributed by atoms with Crippen molar-refractivity contribution in [1.82, 2.24) is 9.97 Å². The van der Waals surface area contributed by atoms with Gasteiger partial charge in [0, 0.05) is 12.6 Å². The maximum absolute atomic E-state index is 6.17. The average Bonchev–Trinajstić information content (AvgIpc) is 2.56. The van der Waals surface area contributed by atoms with Gasteiger partial charge in [0.15, 0.2) is 0 Å². The molecule has 0 unspecified atom stereocenters. The Balaban J connectivity index is 1.75. The van der Waals surface area contributed by atoms with Crippen LogP contribution >= 0.6 is 11.6 Å². The number of para-hydroxylation sites is 1. The third-order valence-corrected chi connectivity index (χ3v) is 3.62. The van der Waals surface area contributed by atoms with Crippen LogP contribution in [0.4, 0.5) is 17.3 Å². The minimum absolute atomic E-state index is 0.655. The monoisotopic (exact) mass is 324 g/mol. The highest BCUT2D eigenvalue weighted by molar-refractivity contribution is 6.33. The summed E-state index contributed by atoms with van der Waals surface area (Å²) in [5.74, 6) is 2.18. The van der Waals surface area contributed by atoms with Gasteiger partial charge in [-0.25, -0.2) is 9.97 Å². The first kappa shape index (κ1) is 15.3. The number of hydrogen-bond donors (Lipinski definition) is 2. The number of rotatable bonds is 5. The summed E-state index contributed by atoms with van der Waals surface area (Å²) in [5.41, 5.74) is 2.02. The lowest BCUT2D eigenvalue weighted by Crippen LogP contribution is -2.05. The second-order valence-corrected chi connectivity index (χ2v) is 5.54. The molecule has 23 heavy (non-hydrogen) atoms. The van der Waals surface area contributed by atoms with Crippen LogP contribution < -0.4 is 10.6 Å². The Morgan fingerprint density at radius 3 is 2.39 bits per heavy atom. The molecule has 0 bridgehead atoms. The number of aromatic nitrogens is 2. The van der Waals surface area contributed by atoms with Gasteiger partial charge in [-0.15, -0.1) is 0 Å². The number of aryl methyl sites for hydroxylation is 1. The van der Waals surface area contributed by atoms with Gasteiger partial charge in [0.05, 0.1) is 10.7 Å². The van der Waals surface area contributed by atoms with Gasteiger partial charge in [-0.05, 0) is 24.6 Å². The zero-order valence-electron chi connectivity index (χ0n) is 12.8. The van der Waals surface area contributed by atoms with Crippen molar-refractivity contribution in [3.63, 3.8) is 0 Å². The fourth-order valence-corrected chi connectivity index (χ4v) is 2.39. The fourth-order valence-electron chi connectivity index (χ4n) is 2.21. The Labute approximate surface area is 140 Å². The highest BCUT2D eigenvalue weighted by atomic mass is 35.5. The zero-order chi connectivity index (χ0) is 16.1. The molecule has 0 aliphatic rings. The van der Waals surface area contributed by atoms with Crippen LogP contribution in [0.1, 0.15) is 11.4 Å². The molecular formula is C18H17ClN4. The van der Waals surface area contributed by atoms with E-state index in [2.05, 4.69) is 32.7 Å². The molecule has 0 atom stereocenters. The summed E-state index contributed by atoms with van der Waals surface area (Å²) in [4.78, 5) is 8.82. The number of halogens is 1. The molecule has 1 aromatic heterocycles. The predicted octanol–water partition coefficient (Wildman–Crippen LogP) is 4.79. The summed E-state index contributed by atoms with van der Waals surface area (Å²) >= 11 is 6.17. The number of nitrogens with one attached hydrogen (secondary N) is 2. The van der Waals surface area contributed by atoms with Crippen LogP contribution in [0.5, 0.6) is 0 Å². The Bertz CT molecular complexity index is 790. The molecule has 0 amide bonds. The molecule has 1 heterocycles. The fraction of sp³-hybridized carbons (Fsp3) is 0.111. The van der Waals surface area contributed by atoms with Crippen molar-refractivity contribution in [1.29, 1.82) is 0 Å². The van der Waals surface area contributed by atoms with Gasteiger partial charge in [-0.3, -0.25) is 0 Å². The first-order chi connectivity index (χ1) is 11.2. The highest BCUT2D eigenvalue weighted by Crippen LogP contribution is 2.24. The van der Waals surface area contributed by atoms with Gasteiger partial charge in [-0.1, -0.05) is 54.1 Å². The van der Waals surface area contributed by atoms with Crippen molar-refractivity contribution in [2.75, 3.05) is 10.6 Å². The standard InChI is InChI=1S/C18H17ClN4/c1-13-21-17(20-12-14-7-3-2-4-8-14)11-18(22-13)23-16-10-6-5-9-15(16)19/h2-11H,12H2,1H3,(H2,20,21,22,23). The summed E-state index contributed by atoms with van der Waals surface area (Å²) in [6.07, 6.45) is 0. The molecule has 5 heteroatoms. The van der Waals surface area contributed by atoms with E-state index in [-0.39, 0.29) is 0 Å². The van der Waals surface area contributed by atoms with E-state index >= 15 is 0 Å². The SMILES string of the molecule is Cc1nc(NCc2ccccc2)cc(Nc2ccccc2Cl)n1. The Hall–Kier alpha value is -2.59. The summed E-state index contributed by atoms with van der Waals surface area (Å²) in [7, 11) is 0. The topological polar surface area (TPSA) is 49.8 Å². The summed E-state index contributed by atoms with van der Waals surface area (Å²) in [5, 5.41) is 7.20. The maximum Gasteiger partial charge on any atom is 0.136 e. The molecule has 2 aromatic carbocycles. The van der Waals surface area contributed by atoms with Gasteiger partial charge in [-0.2, -0.15) is 0 Å². The Morgan fingerprint density at radius 1 is 0.913 bits per heavy atom. The number of anilines is 3. The van der Waals surface area contributed by atoms with Gasteiger partial charge in [0.2, 0.25) is 0 Å². The first-order valence-electron chi connectivity index (χ1n) is 7.36. The van der Waals surface area contributed by atoms with Gasteiger partial charge < -0.3 is 10.6 Å². The molecule has 2 N–H and O–H groups in total. The largest absolute Gasteiger partial charge is 0.366 e. The lowest BCUT2D eigenvalue weighted by Gasteiger charge is -2.11. The van der Waals surface area contributed by atoms with Gasteiger partial charge in [0.1, 0.15) is 17.5 Å². The molecule has 0 spiro atoms. The third-order valence-electron chi connectivity index (χ3n) is 3.29. The van der Waals surface area contributed by atoms with Crippen molar-refractivity contribution in [3.05, 3.63) is 77.1 Å². The normalized spacial score (nSPS) is 10.3. The van der Waals surface area contributed by atoms with Crippen molar-refractivity contribution >= 4 is 28.9 Å². The molecule has 0 aliphatic heterocycles. The summed E-state index contributed by atoms with van der Waals surface area (Å²) in [6, 6.07) is 19.6. The van der Waals surface area contributed by atoms with Crippen LogP contribution in [0.2, 0.25) is 5.02 Å². The van der Waals surface area contributed by atoms with E-state index in [0.29, 0.717) is 23.2 Å². The number of benzene rings is 2. The van der Waals surface area contributed by atoms with Crippen molar-refractivity contribution in [3.8, 4) is 0 Å². The van der Waals surface area contributed by atoms with Crippen molar-refractivity contribution in [2.24, 2.45) is 0 Å². The lowest BCUT2D eigenvalue weighted by molar-refractivity contribution is 1.03. The van der Waals surface area contributed by atoms with Crippen LogP contribution in [0.15, 0.2) is 60.7 Å². The van der Waals surface area contributed by atoms with Crippen LogP contribution in [-0.4, -0.2) is 9.97 Å². The number of hydrogen-bond acceptors (Lipinski definition) is 4. The average molecular weight is 325 g/mol. The van der Waals surface area contributed by atoms with Crippen LogP contribution in [0, 0.1) is 6.92 Å². The smallest absolute Gasteiger partial charge is 0.136 e. The minimum atomic E-state index is 0.655. The molecule has 3 aromatic rings. The second-order valence-electron chi connectivity index (χ2n) is 5.13. The van der Waals surface area contributed by atoms with E-state index in [0.717, 1.165) is 11.5 Å². The predicted molar refractivity (Wildman–Crippen MR) is 95.3 cm³/mol. The van der Waals surface area contributed by atoms with Crippen LogP contribution in [-0.2, 0) is 6.54 Å². The molecule has 0 saturated heterocycles. The summed E-state index contributed by atoms with van der Waals surface area (Å²) < 4.78 is 0. The molecule has 116 valence electrons. The molecule has 3 rings (SSSR count). The summed E-state index contributed by atoms with van der Waals surface area (Å²) in [6.45, 7) is 2.58. The van der Waals surface area contributed by atoms with E-state index in [1.54, 1.807) is 0 Å². The Kier molecular flexibility index (Phi) is 4.74. The molecule has 0 aliphatic carbocycles. The highest BCUT2D eigenvalue weighted by Gasteiger charge is 2.04. The van der Waals surface area contributed by atoms with Gasteiger partial charge in [0.25, 0.3) is 0 Å².